The summed E-state index contributed by atoms with van der Waals surface area (Å²) in [5, 5.41) is 0. The van der Waals surface area contributed by atoms with Gasteiger partial charge in [-0.3, -0.25) is 0 Å². The maximum absolute atomic E-state index is 15.4. The molecule has 0 spiro atoms. The van der Waals surface area contributed by atoms with Gasteiger partial charge in [0.05, 0.1) is 13.2 Å². The van der Waals surface area contributed by atoms with E-state index in [9.17, 15) is 52.7 Å². The number of benzene rings is 4. The molecule has 4 rings (SSSR count). The first-order valence-corrected chi connectivity index (χ1v) is 14.0. The van der Waals surface area contributed by atoms with E-state index in [1.807, 2.05) is 13.8 Å². The van der Waals surface area contributed by atoms with Gasteiger partial charge in [0, 0.05) is 13.2 Å². The van der Waals surface area contributed by atoms with Crippen molar-refractivity contribution in [3.63, 3.8) is 0 Å². The Hall–Kier alpha value is -3.94. The van der Waals surface area contributed by atoms with E-state index in [0.29, 0.717) is 0 Å². The van der Waals surface area contributed by atoms with Crippen molar-refractivity contribution >= 4 is 28.0 Å². The van der Waals surface area contributed by atoms with Crippen LogP contribution in [0.1, 0.15) is 15.3 Å². The van der Waals surface area contributed by atoms with Gasteiger partial charge < -0.3 is 10.9 Å². The molecule has 0 bridgehead atoms. The molecule has 0 fully saturated rings. The van der Waals surface area contributed by atoms with Crippen molar-refractivity contribution in [1.29, 1.82) is 0 Å². The summed E-state index contributed by atoms with van der Waals surface area (Å²) in [6.45, 7) is 6.98. The fraction of sp³-hybridized carbons (Fsp3) is 0.200. The van der Waals surface area contributed by atoms with Crippen LogP contribution in [0, 0.1) is 116 Å². The van der Waals surface area contributed by atoms with Gasteiger partial charge in [0.1, 0.15) is 52.7 Å². The minimum absolute atomic E-state index is 0. The molecular formula is C30H15BF20LiO2-. The topological polar surface area (TPSA) is 18.5 Å². The molecule has 0 radical (unpaired) electrons. The third kappa shape index (κ3) is 7.26. The summed E-state index contributed by atoms with van der Waals surface area (Å²) >= 11 is 0. The summed E-state index contributed by atoms with van der Waals surface area (Å²) in [6.07, 6.45) is -7.22. The van der Waals surface area contributed by atoms with E-state index in [1.165, 1.54) is 0 Å². The van der Waals surface area contributed by atoms with Crippen LogP contribution in [-0.2, 0) is 9.47 Å². The third-order valence-electron chi connectivity index (χ3n) is 7.49. The Labute approximate surface area is 302 Å². The normalized spacial score (nSPS) is 11.4. The molecule has 0 aliphatic rings. The average molecular weight is 805 g/mol. The zero-order chi connectivity index (χ0) is 40.6. The van der Waals surface area contributed by atoms with Crippen molar-refractivity contribution < 1.29 is 118 Å². The van der Waals surface area contributed by atoms with Crippen molar-refractivity contribution in [2.45, 2.75) is 13.8 Å². The van der Waals surface area contributed by atoms with E-state index in [4.69, 9.17) is 9.47 Å². The second-order valence-electron chi connectivity index (χ2n) is 10.2. The summed E-state index contributed by atoms with van der Waals surface area (Å²) < 4.78 is 304. The van der Waals surface area contributed by atoms with E-state index in [1.54, 1.807) is 0 Å². The molecule has 4 aromatic rings. The molecule has 0 saturated carbocycles. The molecule has 2 nitrogen and oxygen atoms in total. The summed E-state index contributed by atoms with van der Waals surface area (Å²) in [4.78, 5) is 0. The minimum atomic E-state index is -7.22. The molecule has 0 saturated heterocycles. The van der Waals surface area contributed by atoms with Crippen LogP contribution in [0.15, 0.2) is 0 Å². The van der Waals surface area contributed by atoms with Crippen LogP contribution in [0.25, 0.3) is 0 Å². The average Bonchev–Trinajstić information content (AvgIpc) is 3.13. The van der Waals surface area contributed by atoms with Crippen molar-refractivity contribution in [3.05, 3.63) is 116 Å². The molecule has 4 aromatic carbocycles. The van der Waals surface area contributed by atoms with Gasteiger partial charge in [-0.25, -0.2) is 87.8 Å². The second kappa shape index (κ2) is 17.7. The van der Waals surface area contributed by atoms with Crippen LogP contribution in [0.5, 0.6) is 0 Å². The minimum Gasteiger partial charge on any atom is -1.00 e. The van der Waals surface area contributed by atoms with E-state index >= 15 is 35.1 Å². The molecule has 0 atom stereocenters. The molecule has 0 heterocycles. The molecular weight excluding hydrogens is 790 g/mol. The standard InChI is InChI=1S/C24BF20.C6H14O2.Li.H/c26-5-1(6(27)14(35)21(42)13(5)34)25(2-7(28)15(36)22(43)16(37)8(2)29,3-9(30)17(38)23(44)18(39)10(3)31)4-11(32)19(40)24(45)20(41)12(4)33;1-3-7-5-6-8-4-2;;/h;3-6H2,1-2H3;;/q-1;;+1;-1. The second-order valence-corrected chi connectivity index (χ2v) is 10.2. The van der Waals surface area contributed by atoms with E-state index < -0.39 is 144 Å². The Morgan fingerprint density at radius 2 is 0.426 bits per heavy atom. The quantitative estimate of drug-likeness (QED) is 0.0838. The fourth-order valence-electron chi connectivity index (χ4n) is 5.28. The largest absolute Gasteiger partial charge is 1.00 e. The Balaban J connectivity index is 0.00000136. The van der Waals surface area contributed by atoms with Crippen LogP contribution in [0.2, 0.25) is 0 Å². The Morgan fingerprint density at radius 1 is 0.296 bits per heavy atom. The first-order chi connectivity index (χ1) is 24.6. The van der Waals surface area contributed by atoms with Gasteiger partial charge in [-0.15, -0.1) is 21.9 Å². The van der Waals surface area contributed by atoms with E-state index in [2.05, 4.69) is 0 Å². The zero-order valence-corrected chi connectivity index (χ0v) is 26.8. The number of hydrogen-bond acceptors (Lipinski definition) is 2. The van der Waals surface area contributed by atoms with Gasteiger partial charge in [0.15, 0.2) is 69.8 Å². The summed E-state index contributed by atoms with van der Waals surface area (Å²) in [7, 11) is 0. The van der Waals surface area contributed by atoms with Gasteiger partial charge in [-0.05, 0) is 13.8 Å². The number of ether oxygens (including phenoxy) is 2. The Morgan fingerprint density at radius 3 is 0.556 bits per heavy atom. The number of rotatable bonds is 9. The summed E-state index contributed by atoms with van der Waals surface area (Å²) in [5.74, 6) is -71.4. The first kappa shape index (κ1) is 46.2. The third-order valence-corrected chi connectivity index (χ3v) is 7.49. The van der Waals surface area contributed by atoms with Gasteiger partial charge in [-0.2, -0.15) is 0 Å². The van der Waals surface area contributed by atoms with Crippen molar-refractivity contribution in [2.24, 2.45) is 0 Å². The SMILES string of the molecule is CCOCCOCC.Fc1c(F)c(F)c([B-](c2c(F)c(F)c(F)c(F)c2F)(c2c(F)c(F)c(F)c(F)c2F)c2c(F)c(F)c(F)c(F)c2F)c(F)c1F.[H-].[Li+]. The van der Waals surface area contributed by atoms with Crippen LogP contribution in [0.4, 0.5) is 87.8 Å². The Bertz CT molecular complexity index is 1700. The van der Waals surface area contributed by atoms with Gasteiger partial charge in [-0.1, -0.05) is 0 Å². The van der Waals surface area contributed by atoms with Crippen LogP contribution < -0.4 is 40.7 Å². The van der Waals surface area contributed by atoms with Crippen LogP contribution in [-0.4, -0.2) is 32.6 Å². The van der Waals surface area contributed by atoms with Crippen LogP contribution in [0.3, 0.4) is 0 Å². The maximum atomic E-state index is 15.4. The molecule has 0 aromatic heterocycles. The summed E-state index contributed by atoms with van der Waals surface area (Å²) in [5.41, 5.74) is -14.3. The molecule has 0 unspecified atom stereocenters. The zero-order valence-electron chi connectivity index (χ0n) is 27.8. The van der Waals surface area contributed by atoms with Crippen molar-refractivity contribution in [2.75, 3.05) is 26.4 Å². The van der Waals surface area contributed by atoms with E-state index in [0.717, 1.165) is 26.4 Å². The van der Waals surface area contributed by atoms with Crippen molar-refractivity contribution in [1.82, 2.24) is 0 Å². The van der Waals surface area contributed by atoms with Gasteiger partial charge in [0.2, 0.25) is 0 Å². The Kier molecular flexibility index (Phi) is 15.1. The molecule has 0 aliphatic carbocycles. The van der Waals surface area contributed by atoms with Crippen LogP contribution >= 0.6 is 0 Å². The number of hydrogen-bond donors (Lipinski definition) is 0. The first-order valence-electron chi connectivity index (χ1n) is 14.0. The summed E-state index contributed by atoms with van der Waals surface area (Å²) in [6, 6.07) is 0. The number of halogens is 20. The molecule has 0 aliphatic heterocycles. The predicted octanol–water partition coefficient (Wildman–Crippen LogP) is 4.02. The fourth-order valence-corrected chi connectivity index (χ4v) is 5.28. The van der Waals surface area contributed by atoms with E-state index in [-0.39, 0.29) is 20.3 Å². The maximum Gasteiger partial charge on any atom is 1.00 e. The molecule has 0 N–H and O–H groups in total. The van der Waals surface area contributed by atoms with Crippen molar-refractivity contribution in [3.8, 4) is 0 Å². The molecule has 0 amide bonds. The molecule has 54 heavy (non-hydrogen) atoms. The monoisotopic (exact) mass is 805 g/mol. The smallest absolute Gasteiger partial charge is 1.00 e. The predicted molar refractivity (Wildman–Crippen MR) is 143 cm³/mol. The van der Waals surface area contributed by atoms with Gasteiger partial charge >= 0.3 is 18.9 Å². The van der Waals surface area contributed by atoms with Gasteiger partial charge in [0.25, 0.3) is 0 Å². The molecule has 292 valence electrons. The molecule has 24 heteroatoms.